The van der Waals surface area contributed by atoms with Crippen LogP contribution in [0.1, 0.15) is 52.4 Å². The minimum Gasteiger partial charge on any atom is -0.395 e. The Bertz CT molecular complexity index is 153. The zero-order valence-electron chi connectivity index (χ0n) is 10.3. The third kappa shape index (κ3) is 4.98. The maximum absolute atomic E-state index is 9.17. The summed E-state index contributed by atoms with van der Waals surface area (Å²) >= 11 is 0. The summed E-state index contributed by atoms with van der Waals surface area (Å²) in [6, 6.07) is 0.286. The number of aliphatic hydroxyl groups excluding tert-OH is 1. The first-order valence-electron chi connectivity index (χ1n) is 6.58. The Morgan fingerprint density at radius 3 is 2.40 bits per heavy atom. The second-order valence-corrected chi connectivity index (χ2v) is 5.28. The molecule has 0 saturated heterocycles. The molecule has 0 aromatic heterocycles. The van der Waals surface area contributed by atoms with E-state index in [-0.39, 0.29) is 12.6 Å². The predicted octanol–water partition coefficient (Wildman–Crippen LogP) is 2.56. The molecule has 1 fully saturated rings. The van der Waals surface area contributed by atoms with Gasteiger partial charge in [-0.3, -0.25) is 0 Å². The van der Waals surface area contributed by atoms with Crippen LogP contribution in [-0.2, 0) is 0 Å². The van der Waals surface area contributed by atoms with Crippen LogP contribution >= 0.6 is 0 Å². The average Bonchev–Trinajstić information content (AvgIpc) is 2.25. The van der Waals surface area contributed by atoms with Gasteiger partial charge in [0.2, 0.25) is 0 Å². The number of aliphatic hydroxyl groups is 1. The van der Waals surface area contributed by atoms with Gasteiger partial charge in [0.25, 0.3) is 0 Å². The fourth-order valence-corrected chi connectivity index (χ4v) is 2.46. The third-order valence-corrected chi connectivity index (χ3v) is 3.69. The predicted molar refractivity (Wildman–Crippen MR) is 64.9 cm³/mol. The monoisotopic (exact) mass is 213 g/mol. The van der Waals surface area contributed by atoms with Crippen LogP contribution in [0.2, 0.25) is 0 Å². The molecule has 90 valence electrons. The molecule has 0 aromatic rings. The lowest BCUT2D eigenvalue weighted by atomic mass is 9.87. The van der Waals surface area contributed by atoms with E-state index in [4.69, 9.17) is 0 Å². The molecule has 0 radical (unpaired) electrons. The minimum atomic E-state index is 0.266. The fourth-order valence-electron chi connectivity index (χ4n) is 2.46. The number of rotatable bonds is 6. The Morgan fingerprint density at radius 2 is 1.87 bits per heavy atom. The van der Waals surface area contributed by atoms with E-state index in [0.29, 0.717) is 5.92 Å². The van der Waals surface area contributed by atoms with Crippen molar-refractivity contribution in [3.8, 4) is 0 Å². The van der Waals surface area contributed by atoms with E-state index in [2.05, 4.69) is 19.2 Å². The van der Waals surface area contributed by atoms with E-state index >= 15 is 0 Å². The molecule has 0 aliphatic heterocycles. The number of nitrogens with one attached hydrogen (secondary N) is 1. The van der Waals surface area contributed by atoms with E-state index in [1.165, 1.54) is 38.5 Å². The van der Waals surface area contributed by atoms with E-state index in [0.717, 1.165) is 12.5 Å². The maximum Gasteiger partial charge on any atom is 0.0587 e. The topological polar surface area (TPSA) is 32.3 Å². The van der Waals surface area contributed by atoms with Crippen molar-refractivity contribution in [2.45, 2.75) is 58.4 Å². The van der Waals surface area contributed by atoms with E-state index < -0.39 is 0 Å². The van der Waals surface area contributed by atoms with Crippen molar-refractivity contribution in [2.24, 2.45) is 11.8 Å². The lowest BCUT2D eigenvalue weighted by molar-refractivity contribution is 0.206. The summed E-state index contributed by atoms with van der Waals surface area (Å²) < 4.78 is 0. The van der Waals surface area contributed by atoms with Crippen LogP contribution in [0.15, 0.2) is 0 Å². The Labute approximate surface area is 94.5 Å². The molecule has 15 heavy (non-hydrogen) atoms. The first kappa shape index (κ1) is 13.0. The number of hydrogen-bond acceptors (Lipinski definition) is 2. The molecule has 2 nitrogen and oxygen atoms in total. The van der Waals surface area contributed by atoms with Crippen molar-refractivity contribution < 1.29 is 5.11 Å². The highest BCUT2D eigenvalue weighted by atomic mass is 16.3. The lowest BCUT2D eigenvalue weighted by Crippen LogP contribution is -2.38. The van der Waals surface area contributed by atoms with Crippen molar-refractivity contribution in [1.82, 2.24) is 5.32 Å². The molecule has 1 aliphatic rings. The van der Waals surface area contributed by atoms with E-state index in [1.807, 2.05) is 0 Å². The quantitative estimate of drug-likeness (QED) is 0.711. The molecule has 0 heterocycles. The van der Waals surface area contributed by atoms with Gasteiger partial charge in [0, 0.05) is 6.04 Å². The van der Waals surface area contributed by atoms with E-state index in [1.54, 1.807) is 0 Å². The van der Waals surface area contributed by atoms with Gasteiger partial charge in [0.05, 0.1) is 6.61 Å². The second-order valence-electron chi connectivity index (χ2n) is 5.28. The highest BCUT2D eigenvalue weighted by Crippen LogP contribution is 2.25. The zero-order chi connectivity index (χ0) is 11.1. The molecule has 2 N–H and O–H groups in total. The zero-order valence-corrected chi connectivity index (χ0v) is 10.3. The molecule has 0 unspecified atom stereocenters. The molecule has 0 spiro atoms. The van der Waals surface area contributed by atoms with Gasteiger partial charge >= 0.3 is 0 Å². The third-order valence-electron chi connectivity index (χ3n) is 3.69. The van der Waals surface area contributed by atoms with Crippen LogP contribution in [0, 0.1) is 11.8 Å². The fraction of sp³-hybridized carbons (Fsp3) is 1.00. The largest absolute Gasteiger partial charge is 0.395 e. The van der Waals surface area contributed by atoms with Gasteiger partial charge in [-0.05, 0) is 24.8 Å². The van der Waals surface area contributed by atoms with Gasteiger partial charge in [0.15, 0.2) is 0 Å². The summed E-state index contributed by atoms with van der Waals surface area (Å²) in [7, 11) is 0. The van der Waals surface area contributed by atoms with Crippen LogP contribution in [0.3, 0.4) is 0 Å². The Balaban J connectivity index is 2.08. The van der Waals surface area contributed by atoms with Gasteiger partial charge in [-0.1, -0.05) is 46.0 Å². The maximum atomic E-state index is 9.17. The molecular weight excluding hydrogens is 186 g/mol. The summed E-state index contributed by atoms with van der Waals surface area (Å²) in [5.74, 6) is 1.47. The summed E-state index contributed by atoms with van der Waals surface area (Å²) in [5.41, 5.74) is 0. The van der Waals surface area contributed by atoms with Crippen molar-refractivity contribution in [3.05, 3.63) is 0 Å². The van der Waals surface area contributed by atoms with Crippen LogP contribution in [0.25, 0.3) is 0 Å². The van der Waals surface area contributed by atoms with Crippen molar-refractivity contribution in [2.75, 3.05) is 13.2 Å². The van der Waals surface area contributed by atoms with Gasteiger partial charge in [-0.2, -0.15) is 0 Å². The van der Waals surface area contributed by atoms with Gasteiger partial charge in [-0.25, -0.2) is 0 Å². The molecule has 1 aliphatic carbocycles. The summed E-state index contributed by atoms with van der Waals surface area (Å²) in [5, 5.41) is 12.6. The van der Waals surface area contributed by atoms with Crippen LogP contribution < -0.4 is 5.32 Å². The van der Waals surface area contributed by atoms with Crippen LogP contribution in [0.4, 0.5) is 0 Å². The normalized spacial score (nSPS) is 20.8. The van der Waals surface area contributed by atoms with Crippen molar-refractivity contribution >= 4 is 0 Å². The first-order valence-corrected chi connectivity index (χ1v) is 6.58. The van der Waals surface area contributed by atoms with Gasteiger partial charge < -0.3 is 10.4 Å². The summed E-state index contributed by atoms with van der Waals surface area (Å²) in [6.45, 7) is 5.67. The van der Waals surface area contributed by atoms with Crippen molar-refractivity contribution in [3.63, 3.8) is 0 Å². The molecule has 1 atom stereocenters. The summed E-state index contributed by atoms with van der Waals surface area (Å²) in [6.07, 6.45) is 8.44. The molecule has 1 saturated carbocycles. The molecular formula is C13H27NO. The highest BCUT2D eigenvalue weighted by molar-refractivity contribution is 4.71. The second kappa shape index (κ2) is 7.24. The molecule has 0 aromatic carbocycles. The van der Waals surface area contributed by atoms with Gasteiger partial charge in [-0.15, -0.1) is 0 Å². The lowest BCUT2D eigenvalue weighted by Gasteiger charge is -2.24. The SMILES string of the molecule is CC(C)[C@@H](CO)NCCC1CCCCC1. The van der Waals surface area contributed by atoms with E-state index in [9.17, 15) is 5.11 Å². The Morgan fingerprint density at radius 1 is 1.20 bits per heavy atom. The van der Waals surface area contributed by atoms with Crippen LogP contribution in [-0.4, -0.2) is 24.3 Å². The number of hydrogen-bond donors (Lipinski definition) is 2. The molecule has 0 bridgehead atoms. The first-order chi connectivity index (χ1) is 7.24. The molecule has 0 amide bonds. The van der Waals surface area contributed by atoms with Crippen molar-refractivity contribution in [1.29, 1.82) is 0 Å². The molecule has 1 rings (SSSR count). The van der Waals surface area contributed by atoms with Crippen LogP contribution in [0.5, 0.6) is 0 Å². The smallest absolute Gasteiger partial charge is 0.0587 e. The van der Waals surface area contributed by atoms with Gasteiger partial charge in [0.1, 0.15) is 0 Å². The summed E-state index contributed by atoms with van der Waals surface area (Å²) in [4.78, 5) is 0. The average molecular weight is 213 g/mol. The Hall–Kier alpha value is -0.0800. The Kier molecular flexibility index (Phi) is 6.26. The molecule has 2 heteroatoms. The minimum absolute atomic E-state index is 0.266. The highest BCUT2D eigenvalue weighted by Gasteiger charge is 2.15. The standard InChI is InChI=1S/C13H27NO/c1-11(2)13(10-15)14-9-8-12-6-4-3-5-7-12/h11-15H,3-10H2,1-2H3/t13-/m1/s1.